The molecule has 5 nitrogen and oxygen atoms in total. The van der Waals surface area contributed by atoms with Crippen LogP contribution in [0.5, 0.6) is 5.75 Å². The third-order valence-corrected chi connectivity index (χ3v) is 1.92. The lowest BCUT2D eigenvalue weighted by atomic mass is 10.2. The Hall–Kier alpha value is -2.04. The molecule has 5 heteroatoms. The van der Waals surface area contributed by atoms with Crippen LogP contribution in [0.15, 0.2) is 24.3 Å². The summed E-state index contributed by atoms with van der Waals surface area (Å²) in [5.74, 6) is 0.925. The van der Waals surface area contributed by atoms with E-state index in [0.717, 1.165) is 0 Å². The summed E-state index contributed by atoms with van der Waals surface area (Å²) in [6.45, 7) is 0. The second-order valence-corrected chi connectivity index (χ2v) is 2.93. The summed E-state index contributed by atoms with van der Waals surface area (Å²) in [6, 6.07) is 6.93. The highest BCUT2D eigenvalue weighted by Gasteiger charge is 2.10. The molecule has 14 heavy (non-hydrogen) atoms. The van der Waals surface area contributed by atoms with Crippen molar-refractivity contribution in [3.63, 3.8) is 0 Å². The molecule has 72 valence electrons. The van der Waals surface area contributed by atoms with Gasteiger partial charge in [0, 0.05) is 7.05 Å². The zero-order valence-electron chi connectivity index (χ0n) is 7.68. The minimum atomic E-state index is 0.169. The molecule has 2 aromatic rings. The highest BCUT2D eigenvalue weighted by atomic mass is 16.3. The third-order valence-electron chi connectivity index (χ3n) is 1.92. The zero-order valence-corrected chi connectivity index (χ0v) is 7.68. The summed E-state index contributed by atoms with van der Waals surface area (Å²) in [5, 5.41) is 13.5. The predicted molar refractivity (Wildman–Crippen MR) is 52.5 cm³/mol. The second-order valence-electron chi connectivity index (χ2n) is 2.93. The van der Waals surface area contributed by atoms with E-state index in [0.29, 0.717) is 11.4 Å². The summed E-state index contributed by atoms with van der Waals surface area (Å²) in [5.41, 5.74) is 6.07. The summed E-state index contributed by atoms with van der Waals surface area (Å²) < 4.78 is 1.53. The van der Waals surface area contributed by atoms with Gasteiger partial charge in [-0.3, -0.25) is 0 Å². The van der Waals surface area contributed by atoms with E-state index in [4.69, 9.17) is 5.73 Å². The summed E-state index contributed by atoms with van der Waals surface area (Å²) in [6.07, 6.45) is 0. The van der Waals surface area contributed by atoms with Crippen molar-refractivity contribution in [2.24, 2.45) is 7.05 Å². The Morgan fingerprint density at radius 2 is 2.07 bits per heavy atom. The lowest BCUT2D eigenvalue weighted by Gasteiger charge is -2.01. The van der Waals surface area contributed by atoms with E-state index >= 15 is 0 Å². The van der Waals surface area contributed by atoms with Gasteiger partial charge in [0.1, 0.15) is 5.75 Å². The quantitative estimate of drug-likeness (QED) is 0.696. The fourth-order valence-corrected chi connectivity index (χ4v) is 1.30. The van der Waals surface area contributed by atoms with Crippen molar-refractivity contribution in [2.45, 2.75) is 0 Å². The summed E-state index contributed by atoms with van der Waals surface area (Å²) in [4.78, 5) is 4.01. The molecule has 0 spiro atoms. The van der Waals surface area contributed by atoms with Gasteiger partial charge in [0.05, 0.1) is 5.56 Å². The van der Waals surface area contributed by atoms with Crippen molar-refractivity contribution in [3.05, 3.63) is 24.3 Å². The Kier molecular flexibility index (Phi) is 1.85. The number of aromatic nitrogens is 3. The predicted octanol–water partition coefficient (Wildman–Crippen LogP) is 0.770. The maximum Gasteiger partial charge on any atom is 0.240 e. The van der Waals surface area contributed by atoms with Gasteiger partial charge in [-0.15, -0.1) is 5.10 Å². The number of nitrogen functional groups attached to an aromatic ring is 1. The summed E-state index contributed by atoms with van der Waals surface area (Å²) in [7, 11) is 1.73. The zero-order chi connectivity index (χ0) is 10.1. The molecule has 0 saturated carbocycles. The van der Waals surface area contributed by atoms with E-state index in [2.05, 4.69) is 10.1 Å². The number of phenolic OH excluding ortho intramolecular Hbond substituents is 1. The molecule has 0 bridgehead atoms. The second kappa shape index (κ2) is 3.02. The first-order valence-corrected chi connectivity index (χ1v) is 4.13. The van der Waals surface area contributed by atoms with Gasteiger partial charge in [-0.2, -0.15) is 4.98 Å². The minimum absolute atomic E-state index is 0.169. The van der Waals surface area contributed by atoms with Gasteiger partial charge in [0.2, 0.25) is 5.95 Å². The van der Waals surface area contributed by atoms with Gasteiger partial charge in [-0.1, -0.05) is 12.1 Å². The molecule has 0 aliphatic carbocycles. The first-order chi connectivity index (χ1) is 6.68. The van der Waals surface area contributed by atoms with Crippen LogP contribution in [0.3, 0.4) is 0 Å². The number of para-hydroxylation sites is 1. The van der Waals surface area contributed by atoms with Crippen molar-refractivity contribution in [1.29, 1.82) is 0 Å². The van der Waals surface area contributed by atoms with Crippen LogP contribution < -0.4 is 5.73 Å². The van der Waals surface area contributed by atoms with Crippen molar-refractivity contribution in [2.75, 3.05) is 5.73 Å². The number of benzene rings is 1. The molecule has 0 aliphatic rings. The van der Waals surface area contributed by atoms with Gasteiger partial charge < -0.3 is 10.8 Å². The van der Waals surface area contributed by atoms with E-state index in [-0.39, 0.29) is 11.7 Å². The van der Waals surface area contributed by atoms with Gasteiger partial charge in [0.15, 0.2) is 5.82 Å². The number of nitrogens with two attached hydrogens (primary N) is 1. The molecule has 0 aliphatic heterocycles. The maximum absolute atomic E-state index is 9.58. The fraction of sp³-hybridized carbons (Fsp3) is 0.111. The van der Waals surface area contributed by atoms with E-state index in [9.17, 15) is 5.11 Å². The monoisotopic (exact) mass is 190 g/mol. The molecule has 0 unspecified atom stereocenters. The molecule has 2 rings (SSSR count). The number of aromatic hydroxyl groups is 1. The Morgan fingerprint density at radius 1 is 1.36 bits per heavy atom. The lowest BCUT2D eigenvalue weighted by Crippen LogP contribution is -1.94. The van der Waals surface area contributed by atoms with Crippen LogP contribution in [0.4, 0.5) is 5.95 Å². The van der Waals surface area contributed by atoms with Crippen molar-refractivity contribution < 1.29 is 5.11 Å². The number of hydrogen-bond donors (Lipinski definition) is 2. The number of aryl methyl sites for hydroxylation is 1. The van der Waals surface area contributed by atoms with Crippen molar-refractivity contribution in [3.8, 4) is 17.1 Å². The van der Waals surface area contributed by atoms with Gasteiger partial charge in [-0.05, 0) is 12.1 Å². The van der Waals surface area contributed by atoms with Gasteiger partial charge >= 0.3 is 0 Å². The number of rotatable bonds is 1. The molecular weight excluding hydrogens is 180 g/mol. The third kappa shape index (κ3) is 1.28. The van der Waals surface area contributed by atoms with Crippen LogP contribution in [-0.2, 0) is 7.05 Å². The van der Waals surface area contributed by atoms with Gasteiger partial charge in [0.25, 0.3) is 0 Å². The number of anilines is 1. The fourth-order valence-electron chi connectivity index (χ4n) is 1.30. The topological polar surface area (TPSA) is 77.0 Å². The van der Waals surface area contributed by atoms with E-state index in [1.807, 2.05) is 6.07 Å². The number of nitrogens with zero attached hydrogens (tertiary/aromatic N) is 3. The smallest absolute Gasteiger partial charge is 0.240 e. The normalized spacial score (nSPS) is 10.4. The Balaban J connectivity index is 2.60. The highest BCUT2D eigenvalue weighted by molar-refractivity contribution is 5.64. The van der Waals surface area contributed by atoms with Gasteiger partial charge in [-0.25, -0.2) is 4.68 Å². The SMILES string of the molecule is Cn1nc(N)nc1-c1ccccc1O. The number of hydrogen-bond acceptors (Lipinski definition) is 4. The molecular formula is C9H10N4O. The average molecular weight is 190 g/mol. The van der Waals surface area contributed by atoms with E-state index in [1.54, 1.807) is 25.2 Å². The largest absolute Gasteiger partial charge is 0.507 e. The Labute approximate surface area is 80.8 Å². The van der Waals surface area contributed by atoms with E-state index < -0.39 is 0 Å². The Morgan fingerprint density at radius 3 is 2.64 bits per heavy atom. The standard InChI is InChI=1S/C9H10N4O/c1-13-8(11-9(10)12-13)6-4-2-3-5-7(6)14/h2-5,14H,1H3,(H2,10,12). The first kappa shape index (κ1) is 8.55. The van der Waals surface area contributed by atoms with Crippen LogP contribution in [0.25, 0.3) is 11.4 Å². The van der Waals surface area contributed by atoms with Crippen LogP contribution in [0.2, 0.25) is 0 Å². The maximum atomic E-state index is 9.58. The number of phenols is 1. The molecule has 0 radical (unpaired) electrons. The molecule has 0 saturated heterocycles. The summed E-state index contributed by atoms with van der Waals surface area (Å²) >= 11 is 0. The average Bonchev–Trinajstić information content (AvgIpc) is 2.46. The van der Waals surface area contributed by atoms with Crippen molar-refractivity contribution in [1.82, 2.24) is 14.8 Å². The van der Waals surface area contributed by atoms with Crippen LogP contribution >= 0.6 is 0 Å². The molecule has 1 aromatic heterocycles. The molecule has 1 aromatic carbocycles. The molecule has 0 amide bonds. The van der Waals surface area contributed by atoms with Crippen LogP contribution in [0.1, 0.15) is 0 Å². The van der Waals surface area contributed by atoms with Crippen LogP contribution in [0, 0.1) is 0 Å². The highest BCUT2D eigenvalue weighted by Crippen LogP contribution is 2.26. The molecule has 0 fully saturated rings. The molecule has 0 atom stereocenters. The molecule has 1 heterocycles. The first-order valence-electron chi connectivity index (χ1n) is 4.13. The Bertz CT molecular complexity index is 464. The minimum Gasteiger partial charge on any atom is -0.507 e. The van der Waals surface area contributed by atoms with E-state index in [1.165, 1.54) is 4.68 Å². The lowest BCUT2D eigenvalue weighted by molar-refractivity contribution is 0.476. The van der Waals surface area contributed by atoms with Crippen molar-refractivity contribution >= 4 is 5.95 Å². The molecule has 3 N–H and O–H groups in total. The van der Waals surface area contributed by atoms with Crippen LogP contribution in [-0.4, -0.2) is 19.9 Å².